The van der Waals surface area contributed by atoms with Crippen LogP contribution >= 0.6 is 0 Å². The van der Waals surface area contributed by atoms with Gasteiger partial charge < -0.3 is 9.64 Å². The number of hydrogen-bond donors (Lipinski definition) is 0. The van der Waals surface area contributed by atoms with Gasteiger partial charge in [-0.05, 0) is 77.1 Å². The number of alkyl halides is 3. The van der Waals surface area contributed by atoms with E-state index >= 15 is 0 Å². The summed E-state index contributed by atoms with van der Waals surface area (Å²) in [5.74, 6) is -1.15. The fourth-order valence-corrected chi connectivity index (χ4v) is 10.3. The molecule has 2 atom stereocenters. The maximum atomic E-state index is 14.7. The van der Waals surface area contributed by atoms with Gasteiger partial charge in [0.2, 0.25) is 10.0 Å². The Balaban J connectivity index is 1.40. The fraction of sp³-hybridized carbons (Fsp3) is 0.238. The maximum Gasteiger partial charge on any atom is 0.416 e. The van der Waals surface area contributed by atoms with E-state index in [2.05, 4.69) is 0 Å². The number of halogens is 3. The van der Waals surface area contributed by atoms with E-state index in [9.17, 15) is 39.6 Å². The molecule has 1 heterocycles. The zero-order chi connectivity index (χ0) is 40.3. The molecule has 0 aliphatic carbocycles. The third kappa shape index (κ3) is 8.88. The maximum absolute atomic E-state index is 14.7. The summed E-state index contributed by atoms with van der Waals surface area (Å²) in [4.78, 5) is 28.5. The van der Waals surface area contributed by atoms with Crippen LogP contribution in [-0.4, -0.2) is 70.4 Å². The first-order valence-electron chi connectivity index (χ1n) is 17.7. The lowest BCUT2D eigenvalue weighted by molar-refractivity contribution is -0.142. The zero-order valence-electron chi connectivity index (χ0n) is 30.5. The summed E-state index contributed by atoms with van der Waals surface area (Å²) in [6.07, 6.45) is -3.05. The van der Waals surface area contributed by atoms with Crippen LogP contribution in [-0.2, 0) is 35.6 Å². The summed E-state index contributed by atoms with van der Waals surface area (Å²) < 4.78 is 99.6. The van der Waals surface area contributed by atoms with Crippen LogP contribution in [0.5, 0.6) is 0 Å². The second kappa shape index (κ2) is 16.4. The van der Waals surface area contributed by atoms with Crippen LogP contribution in [0.25, 0.3) is 22.3 Å². The monoisotopic (exact) mass is 804 g/mol. The molecule has 1 aliphatic heterocycles. The highest BCUT2D eigenvalue weighted by Gasteiger charge is 2.41. The highest BCUT2D eigenvalue weighted by atomic mass is 32.2. The van der Waals surface area contributed by atoms with Crippen molar-refractivity contribution in [1.82, 2.24) is 9.21 Å². The molecule has 0 N–H and O–H groups in total. The molecule has 0 radical (unpaired) electrons. The highest BCUT2D eigenvalue weighted by molar-refractivity contribution is 7.93. The largest absolute Gasteiger partial charge is 0.469 e. The number of carbonyl (C=O) groups excluding carboxylic acids is 2. The predicted molar refractivity (Wildman–Crippen MR) is 206 cm³/mol. The Bertz CT molecular complexity index is 2410. The zero-order valence-corrected chi connectivity index (χ0v) is 32.2. The van der Waals surface area contributed by atoms with Crippen molar-refractivity contribution in [2.45, 2.75) is 47.3 Å². The average Bonchev–Trinajstić information content (AvgIpc) is 3.68. The van der Waals surface area contributed by atoms with Crippen LogP contribution < -0.4 is 0 Å². The van der Waals surface area contributed by atoms with Gasteiger partial charge in [-0.25, -0.2) is 16.8 Å². The third-order valence-corrected chi connectivity index (χ3v) is 13.2. The molecule has 0 saturated carbocycles. The number of rotatable bonds is 12. The normalized spacial score (nSPS) is 15.6. The number of ether oxygens (including phenoxy) is 1. The number of nitrogens with zero attached hydrogens (tertiary/aromatic N) is 2. The van der Waals surface area contributed by atoms with Crippen molar-refractivity contribution < 1.29 is 44.3 Å². The van der Waals surface area contributed by atoms with Gasteiger partial charge in [0.1, 0.15) is 4.90 Å². The molecule has 56 heavy (non-hydrogen) atoms. The second-order valence-electron chi connectivity index (χ2n) is 13.5. The van der Waals surface area contributed by atoms with Gasteiger partial charge in [0.05, 0.1) is 30.0 Å². The first kappa shape index (κ1) is 40.4. The van der Waals surface area contributed by atoms with Crippen molar-refractivity contribution >= 4 is 31.7 Å². The summed E-state index contributed by atoms with van der Waals surface area (Å²) in [6.45, 7) is -0.0930. The van der Waals surface area contributed by atoms with Gasteiger partial charge in [0.25, 0.3) is 5.91 Å². The number of hydrogen-bond acceptors (Lipinski definition) is 7. The minimum atomic E-state index is -4.49. The van der Waals surface area contributed by atoms with Crippen molar-refractivity contribution in [2.75, 3.05) is 26.5 Å². The van der Waals surface area contributed by atoms with E-state index in [1.54, 1.807) is 24.3 Å². The molecule has 1 aliphatic rings. The van der Waals surface area contributed by atoms with Crippen LogP contribution in [0.2, 0.25) is 0 Å². The number of sulfone groups is 1. The Hall–Kier alpha value is -5.31. The van der Waals surface area contributed by atoms with Gasteiger partial charge >= 0.3 is 12.1 Å². The number of amides is 1. The number of sulfonamides is 1. The van der Waals surface area contributed by atoms with Crippen molar-refractivity contribution in [1.29, 1.82) is 0 Å². The summed E-state index contributed by atoms with van der Waals surface area (Å²) in [5, 5.41) is 0. The predicted octanol–water partition coefficient (Wildman–Crippen LogP) is 8.04. The third-order valence-electron chi connectivity index (χ3n) is 9.87. The van der Waals surface area contributed by atoms with Crippen LogP contribution in [0, 0.1) is 0 Å². The first-order valence-corrected chi connectivity index (χ1v) is 21.0. The summed E-state index contributed by atoms with van der Waals surface area (Å²) >= 11 is 0. The Kier molecular flexibility index (Phi) is 11.8. The molecule has 1 fully saturated rings. The molecule has 6 rings (SSSR count). The van der Waals surface area contributed by atoms with E-state index in [1.165, 1.54) is 64.8 Å². The number of esters is 1. The highest BCUT2D eigenvalue weighted by Crippen LogP contribution is 2.36. The van der Waals surface area contributed by atoms with Gasteiger partial charge in [-0.1, -0.05) is 91.0 Å². The van der Waals surface area contributed by atoms with Crippen molar-refractivity contribution in [3.8, 4) is 22.3 Å². The molecule has 9 nitrogen and oxygen atoms in total. The molecule has 0 aromatic heterocycles. The summed E-state index contributed by atoms with van der Waals surface area (Å²) in [6, 6.07) is 31.5. The Labute approximate surface area is 324 Å². The summed E-state index contributed by atoms with van der Waals surface area (Å²) in [7, 11) is -7.09. The van der Waals surface area contributed by atoms with E-state index in [1.807, 2.05) is 42.5 Å². The van der Waals surface area contributed by atoms with Crippen molar-refractivity contribution in [2.24, 2.45) is 0 Å². The topological polar surface area (TPSA) is 118 Å². The average molecular weight is 805 g/mol. The molecule has 1 unspecified atom stereocenters. The van der Waals surface area contributed by atoms with E-state index in [0.717, 1.165) is 29.5 Å². The quantitative estimate of drug-likeness (QED) is 0.117. The second-order valence-corrected chi connectivity index (χ2v) is 17.4. The Morgan fingerprint density at radius 1 is 0.750 bits per heavy atom. The van der Waals surface area contributed by atoms with Gasteiger partial charge in [0, 0.05) is 31.0 Å². The minimum Gasteiger partial charge on any atom is -0.469 e. The first-order chi connectivity index (χ1) is 26.6. The van der Waals surface area contributed by atoms with Gasteiger partial charge in [0.15, 0.2) is 9.84 Å². The van der Waals surface area contributed by atoms with Crippen LogP contribution in [0.4, 0.5) is 13.2 Å². The Morgan fingerprint density at radius 3 is 1.82 bits per heavy atom. The number of carbonyl (C=O) groups is 2. The van der Waals surface area contributed by atoms with E-state index in [0.29, 0.717) is 29.5 Å². The Morgan fingerprint density at radius 2 is 1.27 bits per heavy atom. The number of methoxy groups -OCH3 is 1. The van der Waals surface area contributed by atoms with Crippen LogP contribution in [0.15, 0.2) is 137 Å². The molecule has 0 spiro atoms. The van der Waals surface area contributed by atoms with Crippen molar-refractivity contribution in [3.63, 3.8) is 0 Å². The fourth-order valence-electron chi connectivity index (χ4n) is 6.98. The molecule has 14 heteroatoms. The lowest BCUT2D eigenvalue weighted by Gasteiger charge is -2.36. The molecule has 292 valence electrons. The molecular formula is C42H39F3N2O7S2. The molecule has 5 aromatic carbocycles. The van der Waals surface area contributed by atoms with Gasteiger partial charge in [-0.2, -0.15) is 17.5 Å². The molecule has 1 amide bonds. The molecule has 1 saturated heterocycles. The van der Waals surface area contributed by atoms with E-state index < -0.39 is 55.6 Å². The van der Waals surface area contributed by atoms with E-state index in [-0.39, 0.29) is 34.9 Å². The standard InChI is InChI=1S/C42H39F3N2O7S2/c1-54-40(48)27-37(33-18-14-30(15-19-33)29-9-4-3-5-10-29)46(41(49)34-20-16-31(17-21-34)32-22-24-35(25-23-32)42(43,44)45)28-36-11-8-26-47(36)56(52,53)39-13-7-6-12-38(39)55(2,50)51/h3-7,9-10,12-25,36-37H,8,11,26-28H2,1-2H3/t36-,37?/m0/s1. The van der Waals surface area contributed by atoms with Gasteiger partial charge in [-0.15, -0.1) is 0 Å². The SMILES string of the molecule is COC(=O)CC(c1ccc(-c2ccccc2)cc1)N(C[C@@H]1CCCN1S(=O)(=O)c1ccccc1S(C)(=O)=O)C(=O)c1ccc(-c2ccc(C(F)(F)F)cc2)cc1. The molecule has 5 aromatic rings. The molecule has 0 bridgehead atoms. The van der Waals surface area contributed by atoms with Gasteiger partial charge in [-0.3, -0.25) is 9.59 Å². The van der Waals surface area contributed by atoms with E-state index in [4.69, 9.17) is 4.74 Å². The molecular weight excluding hydrogens is 766 g/mol. The minimum absolute atomic E-state index is 0.0718. The van der Waals surface area contributed by atoms with Crippen LogP contribution in [0.1, 0.15) is 46.8 Å². The lowest BCUT2D eigenvalue weighted by Crippen LogP contribution is -2.47. The smallest absolute Gasteiger partial charge is 0.416 e. The van der Waals surface area contributed by atoms with Crippen molar-refractivity contribution in [3.05, 3.63) is 144 Å². The van der Waals surface area contributed by atoms with Crippen LogP contribution in [0.3, 0.4) is 0 Å². The summed E-state index contributed by atoms with van der Waals surface area (Å²) in [5.41, 5.74) is 2.87. The number of benzene rings is 5. The lowest BCUT2D eigenvalue weighted by atomic mass is 9.96.